The minimum Gasteiger partial charge on any atom is -0.388 e. The highest BCUT2D eigenvalue weighted by molar-refractivity contribution is 8.76. The number of benzene rings is 3. The fourth-order valence-corrected chi connectivity index (χ4v) is 8.85. The van der Waals surface area contributed by atoms with Crippen molar-refractivity contribution >= 4 is 72.9 Å². The zero-order chi connectivity index (χ0) is 35.4. The lowest BCUT2D eigenvalue weighted by Gasteiger charge is -2.29. The second kappa shape index (κ2) is 16.0. The van der Waals surface area contributed by atoms with Gasteiger partial charge >= 0.3 is 0 Å². The van der Waals surface area contributed by atoms with Crippen LogP contribution in [0.1, 0.15) is 56.8 Å². The van der Waals surface area contributed by atoms with Gasteiger partial charge in [-0.15, -0.1) is 0 Å². The van der Waals surface area contributed by atoms with E-state index in [9.17, 15) is 19.2 Å². The highest BCUT2D eigenvalue weighted by atomic mass is 33.1. The van der Waals surface area contributed by atoms with Crippen LogP contribution in [0.25, 0.3) is 22.0 Å². The Hall–Kier alpha value is -3.84. The number of nitrogens with zero attached hydrogens (tertiary/aromatic N) is 4. The van der Waals surface area contributed by atoms with Crippen molar-refractivity contribution in [2.45, 2.75) is 25.7 Å². The maximum atomic E-state index is 13.6. The van der Waals surface area contributed by atoms with E-state index in [1.807, 2.05) is 56.6 Å². The maximum absolute atomic E-state index is 13.6. The number of imide groups is 2. The van der Waals surface area contributed by atoms with Gasteiger partial charge in [-0.05, 0) is 91.2 Å². The normalized spacial score (nSPS) is 15.6. The smallest absolute Gasteiger partial charge is 0.261 e. The van der Waals surface area contributed by atoms with Gasteiger partial charge in [0.15, 0.2) is 0 Å². The number of hydrogen-bond donors (Lipinski definition) is 2. The van der Waals surface area contributed by atoms with Gasteiger partial charge in [-0.3, -0.25) is 29.0 Å². The van der Waals surface area contributed by atoms with Crippen LogP contribution in [0, 0.1) is 0 Å². The molecule has 3 aromatic carbocycles. The Kier molecular flexibility index (Phi) is 11.5. The van der Waals surface area contributed by atoms with Crippen molar-refractivity contribution in [3.63, 3.8) is 0 Å². The molecule has 2 N–H and O–H groups in total. The van der Waals surface area contributed by atoms with Gasteiger partial charge in [-0.1, -0.05) is 45.9 Å². The van der Waals surface area contributed by atoms with Crippen molar-refractivity contribution < 1.29 is 19.2 Å². The average molecular weight is 715 g/mol. The molecule has 1 aliphatic carbocycles. The molecule has 0 bridgehead atoms. The summed E-state index contributed by atoms with van der Waals surface area (Å²) >= 11 is 0. The third kappa shape index (κ3) is 7.44. The fraction of sp³-hybridized carbons (Fsp3) is 0.421. The van der Waals surface area contributed by atoms with Crippen molar-refractivity contribution in [2.75, 3.05) is 84.3 Å². The minimum atomic E-state index is -0.278. The molecular weight excluding hydrogens is 669 g/mol. The molecule has 10 nitrogen and oxygen atoms in total. The highest BCUT2D eigenvalue weighted by Gasteiger charge is 2.35. The third-order valence-corrected chi connectivity index (χ3v) is 11.7. The van der Waals surface area contributed by atoms with Crippen LogP contribution in [-0.4, -0.2) is 122 Å². The van der Waals surface area contributed by atoms with Crippen molar-refractivity contribution in [3.05, 3.63) is 75.7 Å². The Balaban J connectivity index is 1.03. The molecule has 0 radical (unpaired) electrons. The minimum absolute atomic E-state index is 0.198. The molecule has 12 heteroatoms. The highest BCUT2D eigenvalue weighted by Crippen LogP contribution is 2.35. The summed E-state index contributed by atoms with van der Waals surface area (Å²) < 4.78 is 0. The van der Waals surface area contributed by atoms with Gasteiger partial charge in [0.2, 0.25) is 0 Å². The SMILES string of the molecule is CN(C)CCCNC1=c2cccc3c2=C(CC1)C(=O)N(CCSSCCN1C(=O)c2cccc4c(NCCCN(C)C)ccc(c24)C1=O)C3=O. The average Bonchev–Trinajstić information content (AvgIpc) is 3.10. The second-order valence-electron chi connectivity index (χ2n) is 13.4. The summed E-state index contributed by atoms with van der Waals surface area (Å²) in [6.45, 7) is 4.16. The van der Waals surface area contributed by atoms with Crippen molar-refractivity contribution in [2.24, 2.45) is 0 Å². The molecule has 2 heterocycles. The molecule has 0 aromatic heterocycles. The summed E-state index contributed by atoms with van der Waals surface area (Å²) in [5.74, 6) is 0.0731. The van der Waals surface area contributed by atoms with Crippen molar-refractivity contribution in [1.29, 1.82) is 0 Å². The van der Waals surface area contributed by atoms with Gasteiger partial charge in [-0.25, -0.2) is 0 Å². The summed E-state index contributed by atoms with van der Waals surface area (Å²) in [4.78, 5) is 61.2. The Morgan fingerprint density at radius 1 is 0.660 bits per heavy atom. The molecule has 0 saturated carbocycles. The number of rotatable bonds is 17. The van der Waals surface area contributed by atoms with E-state index in [0.717, 1.165) is 78.2 Å². The zero-order valence-corrected chi connectivity index (χ0v) is 31.0. The predicted molar refractivity (Wildman–Crippen MR) is 205 cm³/mol. The van der Waals surface area contributed by atoms with E-state index in [1.165, 1.54) is 31.4 Å². The van der Waals surface area contributed by atoms with Crippen LogP contribution in [0.3, 0.4) is 0 Å². The predicted octanol–water partition coefficient (Wildman–Crippen LogP) is 3.46. The number of carbonyl (C=O) groups is 4. The van der Waals surface area contributed by atoms with E-state index in [2.05, 4.69) is 34.5 Å². The van der Waals surface area contributed by atoms with Gasteiger partial charge in [0.05, 0.1) is 0 Å². The topological polar surface area (TPSA) is 105 Å². The van der Waals surface area contributed by atoms with Crippen LogP contribution in [-0.2, 0) is 4.79 Å². The summed E-state index contributed by atoms with van der Waals surface area (Å²) in [6, 6.07) is 15.1. The maximum Gasteiger partial charge on any atom is 0.261 e. The van der Waals surface area contributed by atoms with Gasteiger partial charge in [-0.2, -0.15) is 0 Å². The third-order valence-electron chi connectivity index (χ3n) is 9.38. The first-order valence-corrected chi connectivity index (χ1v) is 19.8. The van der Waals surface area contributed by atoms with E-state index >= 15 is 0 Å². The molecule has 6 rings (SSSR count). The quantitative estimate of drug-likeness (QED) is 0.123. The van der Waals surface area contributed by atoms with Crippen LogP contribution >= 0.6 is 21.6 Å². The van der Waals surface area contributed by atoms with Gasteiger partial charge in [0.25, 0.3) is 23.6 Å². The zero-order valence-electron chi connectivity index (χ0n) is 29.3. The Morgan fingerprint density at radius 2 is 1.24 bits per heavy atom. The Bertz CT molecular complexity index is 1920. The van der Waals surface area contributed by atoms with Crippen LogP contribution in [0.4, 0.5) is 5.69 Å². The van der Waals surface area contributed by atoms with Crippen molar-refractivity contribution in [3.8, 4) is 0 Å². The van der Waals surface area contributed by atoms with Crippen LogP contribution < -0.4 is 21.1 Å². The van der Waals surface area contributed by atoms with Crippen molar-refractivity contribution in [1.82, 2.24) is 24.9 Å². The molecule has 0 unspecified atom stereocenters. The van der Waals surface area contributed by atoms with Crippen LogP contribution in [0.2, 0.25) is 0 Å². The van der Waals surface area contributed by atoms with E-state index in [4.69, 9.17) is 0 Å². The first-order chi connectivity index (χ1) is 24.2. The summed E-state index contributed by atoms with van der Waals surface area (Å²) in [5.41, 5.74) is 4.42. The summed E-state index contributed by atoms with van der Waals surface area (Å²) in [7, 11) is 11.3. The number of amides is 4. The molecule has 0 spiro atoms. The molecular formula is C38H46N6O4S2. The van der Waals surface area contributed by atoms with Gasteiger partial charge in [0, 0.05) is 92.5 Å². The summed E-state index contributed by atoms with van der Waals surface area (Å²) in [6.07, 6.45) is 3.34. The monoisotopic (exact) mass is 714 g/mol. The number of hydrogen-bond acceptors (Lipinski definition) is 10. The Labute approximate surface area is 301 Å². The number of nitrogens with one attached hydrogen (secondary N) is 2. The standard InChI is InChI=1S/C38H46N6O4S2/c1-41(2)19-7-17-39-31-15-13-29-33-25(31)9-5-11-27(33)35(45)43(37(29)47)21-23-49-50-24-22-44-36(46)28-12-6-10-26-32(40-18-8-20-42(3)4)16-14-30(34(26)28)38(44)48/h5-6,9-13,15,39-40H,7-8,14,16-24H2,1-4H3. The molecule has 3 aliphatic rings. The lowest BCUT2D eigenvalue weighted by Crippen LogP contribution is -2.52. The molecule has 0 fully saturated rings. The second-order valence-corrected chi connectivity index (χ2v) is 16.1. The number of carbonyl (C=O) groups excluding carboxylic acids is 4. The van der Waals surface area contributed by atoms with Crippen LogP contribution in [0.15, 0.2) is 48.5 Å². The van der Waals surface area contributed by atoms with Gasteiger partial charge in [0.1, 0.15) is 0 Å². The van der Waals surface area contributed by atoms with E-state index < -0.39 is 0 Å². The van der Waals surface area contributed by atoms with Crippen LogP contribution in [0.5, 0.6) is 0 Å². The van der Waals surface area contributed by atoms with Gasteiger partial charge < -0.3 is 20.4 Å². The molecule has 3 aromatic rings. The first kappa shape index (κ1) is 36.0. The van der Waals surface area contributed by atoms with E-state index in [1.54, 1.807) is 6.07 Å². The summed E-state index contributed by atoms with van der Waals surface area (Å²) in [5, 5.41) is 10.4. The van der Waals surface area contributed by atoms with E-state index in [0.29, 0.717) is 46.5 Å². The molecule has 50 heavy (non-hydrogen) atoms. The fourth-order valence-electron chi connectivity index (χ4n) is 6.95. The molecule has 0 saturated heterocycles. The number of anilines is 1. The van der Waals surface area contributed by atoms with E-state index in [-0.39, 0.29) is 30.2 Å². The Morgan fingerprint density at radius 3 is 1.92 bits per heavy atom. The largest absolute Gasteiger partial charge is 0.388 e. The molecule has 4 amide bonds. The lowest BCUT2D eigenvalue weighted by atomic mass is 9.90. The molecule has 2 aliphatic heterocycles. The first-order valence-electron chi connectivity index (χ1n) is 17.3. The lowest BCUT2D eigenvalue weighted by molar-refractivity contribution is -0.123. The molecule has 0 atom stereocenters. The molecule has 264 valence electrons.